The molecule has 2 aliphatic heterocycles. The average molecular weight is 388 g/mol. The van der Waals surface area contributed by atoms with Crippen molar-refractivity contribution in [1.82, 2.24) is 4.90 Å². The summed E-state index contributed by atoms with van der Waals surface area (Å²) in [7, 11) is 0. The average Bonchev–Trinajstić information content (AvgIpc) is 2.74. The summed E-state index contributed by atoms with van der Waals surface area (Å²) in [6, 6.07) is 6.11. The first-order chi connectivity index (χ1) is 13.7. The van der Waals surface area contributed by atoms with Crippen LogP contribution in [0.5, 0.6) is 11.5 Å². The second-order valence-electron chi connectivity index (χ2n) is 8.43. The van der Waals surface area contributed by atoms with Gasteiger partial charge in [0.1, 0.15) is 13.2 Å². The van der Waals surface area contributed by atoms with Gasteiger partial charge < -0.3 is 20.1 Å². The molecular formula is C22H33N3O3. The minimum absolute atomic E-state index is 0.0177. The van der Waals surface area contributed by atoms with Crippen molar-refractivity contribution in [3.05, 3.63) is 18.2 Å². The van der Waals surface area contributed by atoms with Gasteiger partial charge in [-0.1, -0.05) is 38.2 Å². The van der Waals surface area contributed by atoms with E-state index in [1.807, 2.05) is 12.1 Å². The molecule has 1 amide bonds. The summed E-state index contributed by atoms with van der Waals surface area (Å²) in [4.78, 5) is 16.8. The summed E-state index contributed by atoms with van der Waals surface area (Å²) in [5, 5.41) is 0. The molecule has 0 spiro atoms. The lowest BCUT2D eigenvalue weighted by molar-refractivity contribution is -0.123. The van der Waals surface area contributed by atoms with Crippen molar-refractivity contribution in [2.24, 2.45) is 17.6 Å². The third-order valence-electron chi connectivity index (χ3n) is 6.48. The fourth-order valence-corrected chi connectivity index (χ4v) is 4.90. The first-order valence-corrected chi connectivity index (χ1v) is 10.9. The maximum atomic E-state index is 12.0. The predicted octanol–water partition coefficient (Wildman–Crippen LogP) is 2.65. The van der Waals surface area contributed by atoms with Crippen molar-refractivity contribution in [3.8, 4) is 11.5 Å². The van der Waals surface area contributed by atoms with Crippen molar-refractivity contribution < 1.29 is 14.3 Å². The molecule has 0 aromatic heterocycles. The maximum Gasteiger partial charge on any atom is 0.221 e. The van der Waals surface area contributed by atoms with Crippen LogP contribution < -0.4 is 20.1 Å². The quantitative estimate of drug-likeness (QED) is 0.813. The van der Waals surface area contributed by atoms with Crippen molar-refractivity contribution in [3.63, 3.8) is 0 Å². The molecule has 2 fully saturated rings. The maximum absolute atomic E-state index is 12.0. The zero-order valence-corrected chi connectivity index (χ0v) is 16.8. The molecule has 2 heterocycles. The number of carbonyl (C=O) groups is 1. The number of carbonyl (C=O) groups excluding carboxylic acids is 1. The zero-order chi connectivity index (χ0) is 19.3. The van der Waals surface area contributed by atoms with Crippen LogP contribution in [0.2, 0.25) is 0 Å². The van der Waals surface area contributed by atoms with Gasteiger partial charge in [0.25, 0.3) is 0 Å². The largest absolute Gasteiger partial charge is 0.486 e. The third-order valence-corrected chi connectivity index (χ3v) is 6.48. The van der Waals surface area contributed by atoms with Crippen LogP contribution >= 0.6 is 0 Å². The van der Waals surface area contributed by atoms with E-state index in [1.54, 1.807) is 0 Å². The summed E-state index contributed by atoms with van der Waals surface area (Å²) in [6.07, 6.45) is 7.45. The highest BCUT2D eigenvalue weighted by Gasteiger charge is 2.28. The first-order valence-electron chi connectivity index (χ1n) is 10.9. The van der Waals surface area contributed by atoms with Gasteiger partial charge in [0.2, 0.25) is 5.91 Å². The predicted molar refractivity (Wildman–Crippen MR) is 110 cm³/mol. The molecule has 0 radical (unpaired) electrons. The lowest BCUT2D eigenvalue weighted by Gasteiger charge is -2.38. The highest BCUT2D eigenvalue weighted by molar-refractivity contribution is 5.76. The van der Waals surface area contributed by atoms with Crippen molar-refractivity contribution in [2.75, 3.05) is 50.8 Å². The van der Waals surface area contributed by atoms with Crippen LogP contribution in [0, 0.1) is 11.8 Å². The van der Waals surface area contributed by atoms with Gasteiger partial charge in [-0.05, 0) is 24.5 Å². The number of nitrogens with zero attached hydrogens (tertiary/aromatic N) is 2. The third kappa shape index (κ3) is 4.54. The van der Waals surface area contributed by atoms with E-state index >= 15 is 0 Å². The van der Waals surface area contributed by atoms with E-state index in [-0.39, 0.29) is 11.8 Å². The molecule has 1 aromatic carbocycles. The normalized spacial score (nSPS) is 22.1. The summed E-state index contributed by atoms with van der Waals surface area (Å²) >= 11 is 0. The molecule has 1 atom stereocenters. The Balaban J connectivity index is 1.33. The van der Waals surface area contributed by atoms with Gasteiger partial charge in [-0.3, -0.25) is 9.69 Å². The second-order valence-corrected chi connectivity index (χ2v) is 8.43. The number of ether oxygens (including phenoxy) is 2. The Kier molecular flexibility index (Phi) is 6.25. The first kappa shape index (κ1) is 19.4. The molecule has 1 aliphatic carbocycles. The van der Waals surface area contributed by atoms with Gasteiger partial charge in [-0.15, -0.1) is 0 Å². The Hall–Kier alpha value is -1.95. The number of anilines is 1. The molecule has 1 saturated carbocycles. The molecular weight excluding hydrogens is 354 g/mol. The molecule has 28 heavy (non-hydrogen) atoms. The molecule has 1 saturated heterocycles. The zero-order valence-electron chi connectivity index (χ0n) is 16.8. The van der Waals surface area contributed by atoms with Crippen LogP contribution in [-0.4, -0.2) is 56.7 Å². The highest BCUT2D eigenvalue weighted by Crippen LogP contribution is 2.39. The van der Waals surface area contributed by atoms with E-state index in [0.717, 1.165) is 56.3 Å². The lowest BCUT2D eigenvalue weighted by atomic mass is 9.82. The summed E-state index contributed by atoms with van der Waals surface area (Å²) in [5.41, 5.74) is 6.88. The van der Waals surface area contributed by atoms with Crippen LogP contribution in [0.4, 0.5) is 5.69 Å². The van der Waals surface area contributed by atoms with Crippen LogP contribution in [0.1, 0.15) is 38.5 Å². The summed E-state index contributed by atoms with van der Waals surface area (Å²) in [6.45, 7) is 5.75. The molecule has 154 valence electrons. The van der Waals surface area contributed by atoms with E-state index in [4.69, 9.17) is 15.2 Å². The topological polar surface area (TPSA) is 68.0 Å². The van der Waals surface area contributed by atoms with E-state index in [1.165, 1.54) is 32.1 Å². The Morgan fingerprint density at radius 2 is 1.82 bits per heavy atom. The van der Waals surface area contributed by atoms with Crippen molar-refractivity contribution in [2.45, 2.75) is 38.5 Å². The van der Waals surface area contributed by atoms with Gasteiger partial charge in [-0.25, -0.2) is 0 Å². The van der Waals surface area contributed by atoms with Crippen molar-refractivity contribution >= 4 is 11.6 Å². The Morgan fingerprint density at radius 3 is 2.57 bits per heavy atom. The number of hydrogen-bond donors (Lipinski definition) is 1. The van der Waals surface area contributed by atoms with Crippen LogP contribution in [0.3, 0.4) is 0 Å². The molecule has 0 unspecified atom stereocenters. The van der Waals surface area contributed by atoms with E-state index in [0.29, 0.717) is 19.1 Å². The van der Waals surface area contributed by atoms with Gasteiger partial charge in [-0.2, -0.15) is 0 Å². The summed E-state index contributed by atoms with van der Waals surface area (Å²) in [5.74, 6) is 2.24. The number of fused-ring (bicyclic) bond motifs is 1. The molecule has 0 bridgehead atoms. The smallest absolute Gasteiger partial charge is 0.221 e. The summed E-state index contributed by atoms with van der Waals surface area (Å²) < 4.78 is 11.6. The number of primary amides is 1. The highest BCUT2D eigenvalue weighted by atomic mass is 16.6. The monoisotopic (exact) mass is 387 g/mol. The number of piperazine rings is 1. The van der Waals surface area contributed by atoms with Crippen LogP contribution in [0.15, 0.2) is 18.2 Å². The molecule has 2 N–H and O–H groups in total. The minimum atomic E-state index is -0.129. The SMILES string of the molecule is NC(=O)[C@H](CC1CCCCC1)CN1CCN(c2cccc3c2OCCO3)CC1. The molecule has 3 aliphatic rings. The number of rotatable bonds is 6. The van der Waals surface area contributed by atoms with Crippen LogP contribution in [-0.2, 0) is 4.79 Å². The molecule has 1 aromatic rings. The lowest BCUT2D eigenvalue weighted by Crippen LogP contribution is -2.49. The number of hydrogen-bond acceptors (Lipinski definition) is 5. The van der Waals surface area contributed by atoms with Gasteiger partial charge in [0.15, 0.2) is 11.5 Å². The standard InChI is InChI=1S/C22H33N3O3/c23-22(26)18(15-17-5-2-1-3-6-17)16-24-9-11-25(12-10-24)19-7-4-8-20-21(19)28-14-13-27-20/h4,7-8,17-18H,1-3,5-6,9-16H2,(H2,23,26)/t18-/m1/s1. The van der Waals surface area contributed by atoms with E-state index < -0.39 is 0 Å². The Bertz CT molecular complexity index is 667. The molecule has 6 heteroatoms. The molecule has 6 nitrogen and oxygen atoms in total. The number of para-hydroxylation sites is 1. The Morgan fingerprint density at radius 1 is 1.07 bits per heavy atom. The van der Waals surface area contributed by atoms with E-state index in [9.17, 15) is 4.79 Å². The Labute approximate surface area is 168 Å². The fourth-order valence-electron chi connectivity index (χ4n) is 4.90. The van der Waals surface area contributed by atoms with Gasteiger partial charge in [0.05, 0.1) is 11.6 Å². The molecule has 4 rings (SSSR count). The van der Waals surface area contributed by atoms with E-state index in [2.05, 4.69) is 15.9 Å². The van der Waals surface area contributed by atoms with Crippen molar-refractivity contribution in [1.29, 1.82) is 0 Å². The number of amides is 1. The number of nitrogens with two attached hydrogens (primary N) is 1. The minimum Gasteiger partial charge on any atom is -0.486 e. The number of benzene rings is 1. The van der Waals surface area contributed by atoms with Gasteiger partial charge >= 0.3 is 0 Å². The fraction of sp³-hybridized carbons (Fsp3) is 0.682. The van der Waals surface area contributed by atoms with Crippen LogP contribution in [0.25, 0.3) is 0 Å². The van der Waals surface area contributed by atoms with Gasteiger partial charge in [0, 0.05) is 32.7 Å². The second kappa shape index (κ2) is 9.03.